The van der Waals surface area contributed by atoms with E-state index in [1.165, 1.54) is 0 Å². The fraction of sp³-hybridized carbons (Fsp3) is 0.238. The van der Waals surface area contributed by atoms with Crippen molar-refractivity contribution in [2.75, 3.05) is 7.11 Å². The predicted octanol–water partition coefficient (Wildman–Crippen LogP) is 4.23. The first-order valence-electron chi connectivity index (χ1n) is 8.27. The lowest BCUT2D eigenvalue weighted by Gasteiger charge is -2.07. The molecular weight excluding hydrogens is 314 g/mol. The molecule has 25 heavy (non-hydrogen) atoms. The number of fused-ring (bicyclic) bond motifs is 1. The van der Waals surface area contributed by atoms with Crippen LogP contribution in [0.1, 0.15) is 23.1 Å². The molecule has 0 N–H and O–H groups in total. The molecule has 3 aromatic rings. The van der Waals surface area contributed by atoms with Crippen LogP contribution in [0.2, 0.25) is 0 Å². The van der Waals surface area contributed by atoms with Gasteiger partial charge in [-0.1, -0.05) is 24.3 Å². The van der Waals surface area contributed by atoms with Gasteiger partial charge in [-0.05, 0) is 59.0 Å². The third kappa shape index (κ3) is 4.57. The van der Waals surface area contributed by atoms with E-state index in [0.717, 1.165) is 33.2 Å². The number of pyridine rings is 1. The minimum absolute atomic E-state index is 0.198. The first-order chi connectivity index (χ1) is 12.1. The number of esters is 1. The third-order valence-electron chi connectivity index (χ3n) is 4.06. The molecule has 0 aliphatic carbocycles. The second-order valence-corrected chi connectivity index (χ2v) is 6.08. The van der Waals surface area contributed by atoms with Crippen LogP contribution in [0, 0.1) is 6.92 Å². The zero-order valence-electron chi connectivity index (χ0n) is 14.5. The molecule has 0 aliphatic rings. The summed E-state index contributed by atoms with van der Waals surface area (Å²) in [6, 6.07) is 14.0. The number of aromatic nitrogens is 1. The number of benzene rings is 2. The second kappa shape index (κ2) is 7.79. The van der Waals surface area contributed by atoms with Crippen molar-refractivity contribution in [3.63, 3.8) is 0 Å². The van der Waals surface area contributed by atoms with E-state index in [2.05, 4.69) is 4.98 Å². The van der Waals surface area contributed by atoms with Crippen molar-refractivity contribution in [2.45, 2.75) is 26.4 Å². The highest BCUT2D eigenvalue weighted by atomic mass is 16.5. The van der Waals surface area contributed by atoms with Gasteiger partial charge < -0.3 is 9.47 Å². The van der Waals surface area contributed by atoms with Gasteiger partial charge in [-0.15, -0.1) is 0 Å². The minimum Gasteiger partial charge on any atom is -0.497 e. The van der Waals surface area contributed by atoms with Crippen LogP contribution in [-0.2, 0) is 22.6 Å². The van der Waals surface area contributed by atoms with E-state index < -0.39 is 0 Å². The summed E-state index contributed by atoms with van der Waals surface area (Å²) < 4.78 is 10.6. The number of aryl methyl sites for hydroxylation is 2. The maximum atomic E-state index is 12.0. The number of nitrogens with zero attached hydrogens (tertiary/aromatic N) is 1. The smallest absolute Gasteiger partial charge is 0.306 e. The Morgan fingerprint density at radius 2 is 1.80 bits per heavy atom. The lowest BCUT2D eigenvalue weighted by atomic mass is 10.1. The molecule has 0 unspecified atom stereocenters. The average Bonchev–Trinajstić information content (AvgIpc) is 2.64. The van der Waals surface area contributed by atoms with E-state index in [0.29, 0.717) is 12.8 Å². The van der Waals surface area contributed by atoms with Gasteiger partial charge in [-0.2, -0.15) is 0 Å². The molecule has 0 radical (unpaired) electrons. The summed E-state index contributed by atoms with van der Waals surface area (Å²) in [6.07, 6.45) is 4.59. The summed E-state index contributed by atoms with van der Waals surface area (Å²) in [5, 5.41) is 2.20. The number of rotatable bonds is 6. The van der Waals surface area contributed by atoms with Gasteiger partial charge in [0.2, 0.25) is 0 Å². The van der Waals surface area contributed by atoms with E-state index in [1.54, 1.807) is 19.5 Å². The van der Waals surface area contributed by atoms with Gasteiger partial charge in [0, 0.05) is 18.8 Å². The van der Waals surface area contributed by atoms with Crippen molar-refractivity contribution in [1.29, 1.82) is 0 Å². The first kappa shape index (κ1) is 17.0. The molecule has 2 aromatic carbocycles. The summed E-state index contributed by atoms with van der Waals surface area (Å²) in [4.78, 5) is 16.1. The van der Waals surface area contributed by atoms with Crippen LogP contribution in [0.4, 0.5) is 0 Å². The Kier molecular flexibility index (Phi) is 5.29. The molecule has 128 valence electrons. The number of hydrogen-bond acceptors (Lipinski definition) is 4. The zero-order chi connectivity index (χ0) is 17.6. The predicted molar refractivity (Wildman–Crippen MR) is 97.6 cm³/mol. The Bertz CT molecular complexity index is 889. The van der Waals surface area contributed by atoms with Crippen LogP contribution in [0.5, 0.6) is 5.75 Å². The van der Waals surface area contributed by atoms with Crippen LogP contribution in [0.25, 0.3) is 10.8 Å². The molecule has 3 rings (SSSR count). The fourth-order valence-electron chi connectivity index (χ4n) is 2.73. The summed E-state index contributed by atoms with van der Waals surface area (Å²) in [5.74, 6) is 0.633. The quantitative estimate of drug-likeness (QED) is 0.633. The fourth-order valence-corrected chi connectivity index (χ4v) is 2.73. The van der Waals surface area contributed by atoms with Crippen LogP contribution in [-0.4, -0.2) is 18.1 Å². The second-order valence-electron chi connectivity index (χ2n) is 6.08. The maximum absolute atomic E-state index is 12.0. The number of hydrogen-bond donors (Lipinski definition) is 0. The van der Waals surface area contributed by atoms with Crippen LogP contribution >= 0.6 is 0 Å². The van der Waals surface area contributed by atoms with Crippen LogP contribution < -0.4 is 4.74 Å². The highest BCUT2D eigenvalue weighted by Crippen LogP contribution is 2.22. The van der Waals surface area contributed by atoms with E-state index in [1.807, 2.05) is 49.4 Å². The molecular formula is C21H21NO3. The van der Waals surface area contributed by atoms with Gasteiger partial charge in [0.25, 0.3) is 0 Å². The van der Waals surface area contributed by atoms with E-state index >= 15 is 0 Å². The highest BCUT2D eigenvalue weighted by Gasteiger charge is 2.06. The van der Waals surface area contributed by atoms with Crippen molar-refractivity contribution >= 4 is 16.7 Å². The van der Waals surface area contributed by atoms with Gasteiger partial charge in [0.15, 0.2) is 0 Å². The lowest BCUT2D eigenvalue weighted by Crippen LogP contribution is -2.06. The molecule has 4 heteroatoms. The Morgan fingerprint density at radius 3 is 2.60 bits per heavy atom. The van der Waals surface area contributed by atoms with Gasteiger partial charge >= 0.3 is 5.97 Å². The zero-order valence-corrected chi connectivity index (χ0v) is 14.5. The van der Waals surface area contributed by atoms with Crippen molar-refractivity contribution < 1.29 is 14.3 Å². The number of ether oxygens (including phenoxy) is 2. The number of carbonyl (C=O) groups excluding carboxylic acids is 1. The molecule has 1 aromatic heterocycles. The number of methoxy groups -OCH3 is 1. The molecule has 0 amide bonds. The Labute approximate surface area is 147 Å². The number of carbonyl (C=O) groups is 1. The van der Waals surface area contributed by atoms with Gasteiger partial charge in [0.1, 0.15) is 12.4 Å². The summed E-state index contributed by atoms with van der Waals surface area (Å²) in [7, 11) is 1.65. The van der Waals surface area contributed by atoms with Gasteiger partial charge in [-0.3, -0.25) is 9.78 Å². The van der Waals surface area contributed by atoms with Gasteiger partial charge in [0.05, 0.1) is 7.11 Å². The van der Waals surface area contributed by atoms with Crippen molar-refractivity contribution in [2.24, 2.45) is 0 Å². The molecule has 0 saturated carbocycles. The summed E-state index contributed by atoms with van der Waals surface area (Å²) in [6.45, 7) is 2.27. The molecule has 0 spiro atoms. The molecule has 0 fully saturated rings. The van der Waals surface area contributed by atoms with E-state index in [-0.39, 0.29) is 12.6 Å². The van der Waals surface area contributed by atoms with E-state index in [4.69, 9.17) is 9.47 Å². The Hall–Kier alpha value is -2.88. The molecule has 4 nitrogen and oxygen atoms in total. The van der Waals surface area contributed by atoms with Crippen LogP contribution in [0.3, 0.4) is 0 Å². The molecule has 1 heterocycles. The summed E-state index contributed by atoms with van der Waals surface area (Å²) >= 11 is 0. The maximum Gasteiger partial charge on any atom is 0.306 e. The van der Waals surface area contributed by atoms with Crippen molar-refractivity contribution in [3.8, 4) is 5.75 Å². The normalized spacial score (nSPS) is 10.6. The van der Waals surface area contributed by atoms with Crippen LogP contribution in [0.15, 0.2) is 54.9 Å². The lowest BCUT2D eigenvalue weighted by molar-refractivity contribution is -0.144. The largest absolute Gasteiger partial charge is 0.497 e. The molecule has 0 atom stereocenters. The molecule has 0 bridgehead atoms. The van der Waals surface area contributed by atoms with Crippen molar-refractivity contribution in [3.05, 3.63) is 71.5 Å². The average molecular weight is 335 g/mol. The van der Waals surface area contributed by atoms with E-state index in [9.17, 15) is 4.79 Å². The first-order valence-corrected chi connectivity index (χ1v) is 8.27. The summed E-state index contributed by atoms with van der Waals surface area (Å²) in [5.41, 5.74) is 3.12. The van der Waals surface area contributed by atoms with Crippen molar-refractivity contribution in [1.82, 2.24) is 4.98 Å². The third-order valence-corrected chi connectivity index (χ3v) is 4.06. The topological polar surface area (TPSA) is 48.4 Å². The SMILES string of the molecule is COc1ccc2cc(COC(=O)CCc3cncc(C)c3)ccc2c1. The minimum atomic E-state index is -0.198. The Morgan fingerprint density at radius 1 is 1.00 bits per heavy atom. The molecule has 0 aliphatic heterocycles. The standard InChI is InChI=1S/C21H21NO3/c1-15-9-16(13-22-12-15)4-8-21(23)25-14-17-3-5-19-11-20(24-2)7-6-18(19)10-17/h3,5-7,9-13H,4,8,14H2,1-2H3. The monoisotopic (exact) mass is 335 g/mol. The highest BCUT2D eigenvalue weighted by molar-refractivity contribution is 5.84. The molecule has 0 saturated heterocycles. The van der Waals surface area contributed by atoms with Gasteiger partial charge in [-0.25, -0.2) is 0 Å². The Balaban J connectivity index is 1.55.